The third-order valence-corrected chi connectivity index (χ3v) is 3.14. The Hall–Kier alpha value is -1.31. The van der Waals surface area contributed by atoms with Crippen molar-refractivity contribution in [2.24, 2.45) is 5.92 Å². The highest BCUT2D eigenvalue weighted by molar-refractivity contribution is 5.89. The van der Waals surface area contributed by atoms with Crippen molar-refractivity contribution in [1.82, 2.24) is 0 Å². The van der Waals surface area contributed by atoms with Crippen molar-refractivity contribution >= 4 is 5.97 Å². The van der Waals surface area contributed by atoms with Crippen LogP contribution in [-0.4, -0.2) is 12.1 Å². The van der Waals surface area contributed by atoms with E-state index in [4.69, 9.17) is 4.74 Å². The molecule has 0 unspecified atom stereocenters. The van der Waals surface area contributed by atoms with E-state index in [1.54, 1.807) is 12.1 Å². The number of rotatable bonds is 6. The second-order valence-corrected chi connectivity index (χ2v) is 4.50. The number of ether oxygens (including phenoxy) is 1. The Morgan fingerprint density at radius 2 is 1.76 bits per heavy atom. The van der Waals surface area contributed by atoms with Gasteiger partial charge in [-0.05, 0) is 31.4 Å². The fourth-order valence-corrected chi connectivity index (χ4v) is 1.96. The normalized spacial score (nSPS) is 12.5. The molecule has 0 fully saturated rings. The molecule has 0 saturated heterocycles. The molecule has 1 atom stereocenters. The predicted octanol–water partition coefficient (Wildman–Crippen LogP) is 4.06. The topological polar surface area (TPSA) is 26.3 Å². The maximum absolute atomic E-state index is 11.8. The number of hydrogen-bond donors (Lipinski definition) is 0. The summed E-state index contributed by atoms with van der Waals surface area (Å²) in [6, 6.07) is 9.16. The molecular formula is C15H22O2. The fourth-order valence-electron chi connectivity index (χ4n) is 1.96. The molecule has 2 heteroatoms. The molecule has 0 aromatic heterocycles. The molecule has 0 N–H and O–H groups in total. The van der Waals surface area contributed by atoms with Crippen molar-refractivity contribution in [3.05, 3.63) is 35.9 Å². The molecule has 0 aliphatic carbocycles. The second kappa shape index (κ2) is 7.10. The van der Waals surface area contributed by atoms with Crippen molar-refractivity contribution in [2.45, 2.75) is 46.1 Å². The Morgan fingerprint density at radius 1 is 1.18 bits per heavy atom. The summed E-state index contributed by atoms with van der Waals surface area (Å²) >= 11 is 0. The summed E-state index contributed by atoms with van der Waals surface area (Å²) in [4.78, 5) is 11.8. The average molecular weight is 234 g/mol. The van der Waals surface area contributed by atoms with Gasteiger partial charge in [-0.15, -0.1) is 0 Å². The molecule has 0 bridgehead atoms. The van der Waals surface area contributed by atoms with E-state index >= 15 is 0 Å². The molecule has 0 spiro atoms. The molecule has 0 heterocycles. The van der Waals surface area contributed by atoms with Crippen LogP contribution in [0.15, 0.2) is 30.3 Å². The van der Waals surface area contributed by atoms with Crippen LogP contribution < -0.4 is 0 Å². The van der Waals surface area contributed by atoms with Crippen LogP contribution in [-0.2, 0) is 4.74 Å². The zero-order valence-electron chi connectivity index (χ0n) is 11.0. The lowest BCUT2D eigenvalue weighted by atomic mass is 9.97. The minimum atomic E-state index is -0.218. The van der Waals surface area contributed by atoms with Crippen LogP contribution in [0.3, 0.4) is 0 Å². The number of benzene rings is 1. The molecule has 1 aromatic rings. The van der Waals surface area contributed by atoms with Gasteiger partial charge in [-0.2, -0.15) is 0 Å². The molecule has 0 aliphatic rings. The van der Waals surface area contributed by atoms with E-state index in [0.29, 0.717) is 11.5 Å². The first-order chi connectivity index (χ1) is 8.17. The lowest BCUT2D eigenvalue weighted by Gasteiger charge is -2.18. The van der Waals surface area contributed by atoms with Gasteiger partial charge >= 0.3 is 5.97 Å². The average Bonchev–Trinajstić information content (AvgIpc) is 2.37. The summed E-state index contributed by atoms with van der Waals surface area (Å²) in [6.07, 6.45) is 3.23. The quantitative estimate of drug-likeness (QED) is 0.694. The first kappa shape index (κ1) is 13.8. The number of carbonyl (C=O) groups excluding carboxylic acids is 1. The zero-order valence-corrected chi connectivity index (χ0v) is 11.0. The van der Waals surface area contributed by atoms with Gasteiger partial charge in [0.15, 0.2) is 0 Å². The summed E-state index contributed by atoms with van der Waals surface area (Å²) in [5, 5.41) is 0. The molecular weight excluding hydrogens is 212 g/mol. The van der Waals surface area contributed by atoms with Crippen LogP contribution in [0.2, 0.25) is 0 Å². The molecule has 2 nitrogen and oxygen atoms in total. The van der Waals surface area contributed by atoms with Crippen LogP contribution in [0.4, 0.5) is 0 Å². The van der Waals surface area contributed by atoms with Crippen molar-refractivity contribution < 1.29 is 9.53 Å². The minimum Gasteiger partial charge on any atom is -0.459 e. The summed E-state index contributed by atoms with van der Waals surface area (Å²) in [5.41, 5.74) is 0.629. The van der Waals surface area contributed by atoms with Gasteiger partial charge in [0.25, 0.3) is 0 Å². The molecule has 17 heavy (non-hydrogen) atoms. The van der Waals surface area contributed by atoms with Gasteiger partial charge in [0.1, 0.15) is 0 Å². The smallest absolute Gasteiger partial charge is 0.338 e. The van der Waals surface area contributed by atoms with Gasteiger partial charge in [-0.1, -0.05) is 44.9 Å². The van der Waals surface area contributed by atoms with Crippen molar-refractivity contribution in [1.29, 1.82) is 0 Å². The van der Waals surface area contributed by atoms with E-state index < -0.39 is 0 Å². The Balaban J connectivity index is 2.46. The molecule has 1 rings (SSSR count). The van der Waals surface area contributed by atoms with Crippen molar-refractivity contribution in [3.63, 3.8) is 0 Å². The Labute approximate surface area is 104 Å². The summed E-state index contributed by atoms with van der Waals surface area (Å²) in [6.45, 7) is 6.33. The highest BCUT2D eigenvalue weighted by Gasteiger charge is 2.15. The van der Waals surface area contributed by atoms with Gasteiger partial charge in [-0.25, -0.2) is 4.79 Å². The first-order valence-electron chi connectivity index (χ1n) is 6.43. The first-order valence-corrected chi connectivity index (χ1v) is 6.43. The van der Waals surface area contributed by atoms with Gasteiger partial charge in [-0.3, -0.25) is 0 Å². The van der Waals surface area contributed by atoms with Gasteiger partial charge in [0.2, 0.25) is 0 Å². The Kier molecular flexibility index (Phi) is 5.75. The third-order valence-electron chi connectivity index (χ3n) is 3.14. The molecule has 1 aromatic carbocycles. The van der Waals surface area contributed by atoms with Crippen molar-refractivity contribution in [3.8, 4) is 0 Å². The van der Waals surface area contributed by atoms with Gasteiger partial charge < -0.3 is 4.74 Å². The molecule has 0 saturated carbocycles. The lowest BCUT2D eigenvalue weighted by molar-refractivity contribution is 0.0285. The van der Waals surface area contributed by atoms with Crippen LogP contribution in [0.5, 0.6) is 0 Å². The van der Waals surface area contributed by atoms with Crippen LogP contribution in [0.1, 0.15) is 50.4 Å². The molecule has 0 amide bonds. The largest absolute Gasteiger partial charge is 0.459 e. The van der Waals surface area contributed by atoms with E-state index in [9.17, 15) is 4.79 Å². The highest BCUT2D eigenvalue weighted by atomic mass is 16.5. The van der Waals surface area contributed by atoms with E-state index in [0.717, 1.165) is 19.3 Å². The number of esters is 1. The second-order valence-electron chi connectivity index (χ2n) is 4.50. The fraction of sp³-hybridized carbons (Fsp3) is 0.533. The predicted molar refractivity (Wildman–Crippen MR) is 70.0 cm³/mol. The SMILES string of the molecule is CCC(CC)C[C@@H](C)OC(=O)c1ccccc1. The Bertz CT molecular complexity index is 328. The van der Waals surface area contributed by atoms with Crippen molar-refractivity contribution in [2.75, 3.05) is 0 Å². The van der Waals surface area contributed by atoms with Crippen LogP contribution in [0.25, 0.3) is 0 Å². The zero-order chi connectivity index (χ0) is 12.7. The molecule has 94 valence electrons. The van der Waals surface area contributed by atoms with E-state index in [2.05, 4.69) is 13.8 Å². The summed E-state index contributed by atoms with van der Waals surface area (Å²) in [7, 11) is 0. The highest BCUT2D eigenvalue weighted by Crippen LogP contribution is 2.17. The molecule has 0 radical (unpaired) electrons. The number of carbonyl (C=O) groups is 1. The van der Waals surface area contributed by atoms with E-state index in [1.807, 2.05) is 25.1 Å². The summed E-state index contributed by atoms with van der Waals surface area (Å²) < 4.78 is 5.43. The maximum atomic E-state index is 11.8. The monoisotopic (exact) mass is 234 g/mol. The van der Waals surface area contributed by atoms with E-state index in [1.165, 1.54) is 0 Å². The van der Waals surface area contributed by atoms with E-state index in [-0.39, 0.29) is 12.1 Å². The van der Waals surface area contributed by atoms with Crippen LogP contribution >= 0.6 is 0 Å². The van der Waals surface area contributed by atoms with Crippen LogP contribution in [0, 0.1) is 5.92 Å². The standard InChI is InChI=1S/C15H22O2/c1-4-13(5-2)11-12(3)17-15(16)14-9-7-6-8-10-14/h6-10,12-13H,4-5,11H2,1-3H3/t12-/m1/s1. The van der Waals surface area contributed by atoms with Gasteiger partial charge in [0, 0.05) is 0 Å². The minimum absolute atomic E-state index is 0.00685. The molecule has 0 aliphatic heterocycles. The van der Waals surface area contributed by atoms with Gasteiger partial charge in [0.05, 0.1) is 11.7 Å². The summed E-state index contributed by atoms with van der Waals surface area (Å²) in [5.74, 6) is 0.428. The Morgan fingerprint density at radius 3 is 2.29 bits per heavy atom. The maximum Gasteiger partial charge on any atom is 0.338 e. The number of hydrogen-bond acceptors (Lipinski definition) is 2. The lowest BCUT2D eigenvalue weighted by Crippen LogP contribution is -2.18. The third kappa shape index (κ3) is 4.59.